The lowest BCUT2D eigenvalue weighted by Gasteiger charge is -2.19. The maximum Gasteiger partial charge on any atom is 0.185 e. The second-order valence-corrected chi connectivity index (χ2v) is 4.83. The van der Waals surface area contributed by atoms with Crippen molar-refractivity contribution in [3.8, 4) is 0 Å². The zero-order chi connectivity index (χ0) is 13.1. The number of rotatable bonds is 4. The van der Waals surface area contributed by atoms with E-state index in [2.05, 4.69) is 9.88 Å². The minimum Gasteiger partial charge on any atom is -0.392 e. The third kappa shape index (κ3) is 3.11. The molecule has 1 N–H and O–H groups in total. The van der Waals surface area contributed by atoms with E-state index in [1.165, 1.54) is 12.1 Å². The Morgan fingerprint density at radius 2 is 2.44 bits per heavy atom. The second-order valence-electron chi connectivity index (χ2n) is 4.83. The normalized spacial score (nSPS) is 22.1. The van der Waals surface area contributed by atoms with Crippen molar-refractivity contribution in [2.24, 2.45) is 5.92 Å². The fourth-order valence-electron chi connectivity index (χ4n) is 2.22. The number of hydrogen-bond donors (Lipinski definition) is 1. The molecule has 2 unspecified atom stereocenters. The van der Waals surface area contributed by atoms with Gasteiger partial charge in [-0.3, -0.25) is 14.7 Å². The molecule has 0 aliphatic carbocycles. The van der Waals surface area contributed by atoms with E-state index in [-0.39, 0.29) is 17.8 Å². The molecule has 0 bridgehead atoms. The minimum atomic E-state index is -0.443. The first-order valence-corrected chi connectivity index (χ1v) is 6.12. The lowest BCUT2D eigenvalue weighted by atomic mass is 10.0. The highest BCUT2D eigenvalue weighted by atomic mass is 19.1. The summed E-state index contributed by atoms with van der Waals surface area (Å²) in [6.45, 7) is 3.87. The zero-order valence-corrected chi connectivity index (χ0v) is 10.3. The number of ketones is 1. The number of halogens is 1. The van der Waals surface area contributed by atoms with Crippen LogP contribution in [0.1, 0.15) is 23.8 Å². The van der Waals surface area contributed by atoms with Crippen LogP contribution in [0.25, 0.3) is 0 Å². The van der Waals surface area contributed by atoms with Crippen LogP contribution in [0.4, 0.5) is 4.39 Å². The van der Waals surface area contributed by atoms with Crippen LogP contribution in [0.2, 0.25) is 0 Å². The Morgan fingerprint density at radius 1 is 1.67 bits per heavy atom. The van der Waals surface area contributed by atoms with E-state index in [9.17, 15) is 14.3 Å². The number of aliphatic hydroxyl groups excluding tert-OH is 1. The lowest BCUT2D eigenvalue weighted by molar-refractivity contribution is 0.0889. The monoisotopic (exact) mass is 252 g/mol. The Hall–Kier alpha value is -1.33. The summed E-state index contributed by atoms with van der Waals surface area (Å²) in [6.07, 6.45) is 1.53. The summed E-state index contributed by atoms with van der Waals surface area (Å²) in [5, 5.41) is 9.42. The molecule has 1 saturated heterocycles. The third-order valence-electron chi connectivity index (χ3n) is 3.21. The molecule has 1 fully saturated rings. The van der Waals surface area contributed by atoms with Crippen LogP contribution in [0, 0.1) is 11.7 Å². The number of aromatic nitrogens is 1. The van der Waals surface area contributed by atoms with Gasteiger partial charge in [0.1, 0.15) is 11.5 Å². The molecule has 98 valence electrons. The molecule has 0 spiro atoms. The van der Waals surface area contributed by atoms with Crippen molar-refractivity contribution < 1.29 is 14.3 Å². The molecular formula is C13H17FN2O2. The van der Waals surface area contributed by atoms with Gasteiger partial charge in [-0.2, -0.15) is 0 Å². The average molecular weight is 252 g/mol. The van der Waals surface area contributed by atoms with Crippen LogP contribution < -0.4 is 0 Å². The van der Waals surface area contributed by atoms with Gasteiger partial charge in [-0.25, -0.2) is 4.39 Å². The number of β-amino-alcohol motifs (C(OH)–C–C–N with tert-alkyl or cyclic N) is 1. The smallest absolute Gasteiger partial charge is 0.185 e. The van der Waals surface area contributed by atoms with E-state index < -0.39 is 5.82 Å². The number of hydrogen-bond acceptors (Lipinski definition) is 4. The Bertz CT molecular complexity index is 422. The molecule has 0 radical (unpaired) electrons. The lowest BCUT2D eigenvalue weighted by Crippen LogP contribution is -2.31. The van der Waals surface area contributed by atoms with Gasteiger partial charge in [0.15, 0.2) is 5.78 Å². The summed E-state index contributed by atoms with van der Waals surface area (Å²) in [7, 11) is 0. The van der Waals surface area contributed by atoms with Crippen LogP contribution in [0.5, 0.6) is 0 Å². The highest BCUT2D eigenvalue weighted by Crippen LogP contribution is 2.14. The van der Waals surface area contributed by atoms with Gasteiger partial charge >= 0.3 is 0 Å². The van der Waals surface area contributed by atoms with Crippen LogP contribution in [-0.4, -0.2) is 46.5 Å². The molecule has 4 nitrogen and oxygen atoms in total. The van der Waals surface area contributed by atoms with E-state index in [1.807, 2.05) is 6.92 Å². The molecule has 2 rings (SSSR count). The highest BCUT2D eigenvalue weighted by molar-refractivity contribution is 5.95. The molecule has 2 atom stereocenters. The number of nitrogens with zero attached hydrogens (tertiary/aromatic N) is 2. The van der Waals surface area contributed by atoms with Crippen LogP contribution >= 0.6 is 0 Å². The van der Waals surface area contributed by atoms with Crippen molar-refractivity contribution in [1.82, 2.24) is 9.88 Å². The first-order chi connectivity index (χ1) is 8.56. The van der Waals surface area contributed by atoms with Crippen molar-refractivity contribution in [2.45, 2.75) is 19.4 Å². The summed E-state index contributed by atoms with van der Waals surface area (Å²) >= 11 is 0. The molecule has 1 aliphatic rings. The van der Waals surface area contributed by atoms with Gasteiger partial charge in [-0.1, -0.05) is 6.92 Å². The summed E-state index contributed by atoms with van der Waals surface area (Å²) in [4.78, 5) is 17.9. The zero-order valence-electron chi connectivity index (χ0n) is 10.3. The van der Waals surface area contributed by atoms with Gasteiger partial charge in [0.05, 0.1) is 12.3 Å². The Kier molecular flexibility index (Phi) is 4.04. The standard InChI is InChI=1S/C13H17FN2O2/c1-9(7-16-5-4-11(17)8-16)13(18)12-3-2-10(14)6-15-12/h2-3,6,9,11,17H,4-5,7-8H2,1H3. The van der Waals surface area contributed by atoms with E-state index in [4.69, 9.17) is 0 Å². The van der Waals surface area contributed by atoms with E-state index in [0.29, 0.717) is 18.8 Å². The highest BCUT2D eigenvalue weighted by Gasteiger charge is 2.25. The molecule has 2 heterocycles. The van der Waals surface area contributed by atoms with Crippen molar-refractivity contribution in [3.63, 3.8) is 0 Å². The predicted molar refractivity (Wildman–Crippen MR) is 64.8 cm³/mol. The van der Waals surface area contributed by atoms with Crippen molar-refractivity contribution in [3.05, 3.63) is 29.8 Å². The van der Waals surface area contributed by atoms with E-state index in [1.54, 1.807) is 0 Å². The summed E-state index contributed by atoms with van der Waals surface area (Å²) < 4.78 is 12.7. The van der Waals surface area contributed by atoms with Gasteiger partial charge in [0.25, 0.3) is 0 Å². The van der Waals surface area contributed by atoms with Gasteiger partial charge in [0, 0.05) is 25.6 Å². The molecule has 0 aromatic carbocycles. The van der Waals surface area contributed by atoms with Gasteiger partial charge in [-0.05, 0) is 18.6 Å². The van der Waals surface area contributed by atoms with Crippen molar-refractivity contribution in [2.75, 3.05) is 19.6 Å². The predicted octanol–water partition coefficient (Wildman–Crippen LogP) is 1.11. The van der Waals surface area contributed by atoms with Gasteiger partial charge in [0.2, 0.25) is 0 Å². The maximum absolute atomic E-state index is 12.7. The molecule has 0 amide bonds. The minimum absolute atomic E-state index is 0.0867. The van der Waals surface area contributed by atoms with Crippen molar-refractivity contribution >= 4 is 5.78 Å². The third-order valence-corrected chi connectivity index (χ3v) is 3.21. The van der Waals surface area contributed by atoms with Crippen LogP contribution in [0.3, 0.4) is 0 Å². The Morgan fingerprint density at radius 3 is 3.00 bits per heavy atom. The fourth-order valence-corrected chi connectivity index (χ4v) is 2.22. The van der Waals surface area contributed by atoms with Gasteiger partial charge in [-0.15, -0.1) is 0 Å². The number of carbonyl (C=O) groups excluding carboxylic acids is 1. The Labute approximate surface area is 105 Å². The van der Waals surface area contributed by atoms with E-state index in [0.717, 1.165) is 19.2 Å². The van der Waals surface area contributed by atoms with Crippen molar-refractivity contribution in [1.29, 1.82) is 0 Å². The topological polar surface area (TPSA) is 53.4 Å². The molecule has 18 heavy (non-hydrogen) atoms. The van der Waals surface area contributed by atoms with Gasteiger partial charge < -0.3 is 5.11 Å². The van der Waals surface area contributed by atoms with E-state index >= 15 is 0 Å². The second kappa shape index (κ2) is 5.54. The first-order valence-electron chi connectivity index (χ1n) is 6.12. The summed E-state index contributed by atoms with van der Waals surface area (Å²) in [6, 6.07) is 2.65. The van der Waals surface area contributed by atoms with Crippen LogP contribution in [0.15, 0.2) is 18.3 Å². The fraction of sp³-hybridized carbons (Fsp3) is 0.538. The number of carbonyl (C=O) groups is 1. The molecule has 0 saturated carbocycles. The summed E-state index contributed by atoms with van der Waals surface area (Å²) in [5.41, 5.74) is 0.295. The SMILES string of the molecule is CC(CN1CCC(O)C1)C(=O)c1ccc(F)cn1. The summed E-state index contributed by atoms with van der Waals surface area (Å²) in [5.74, 6) is -0.730. The number of pyridine rings is 1. The number of likely N-dealkylation sites (tertiary alicyclic amines) is 1. The molecule has 5 heteroatoms. The quantitative estimate of drug-likeness (QED) is 0.815. The maximum atomic E-state index is 12.7. The molecule has 1 aromatic heterocycles. The first kappa shape index (κ1) is 13.1. The molecule has 1 aliphatic heterocycles. The average Bonchev–Trinajstić information content (AvgIpc) is 2.75. The largest absolute Gasteiger partial charge is 0.392 e. The Balaban J connectivity index is 1.94. The number of Topliss-reactive ketones (excluding diaryl/α,β-unsaturated/α-hetero) is 1. The molecule has 1 aromatic rings. The number of aliphatic hydroxyl groups is 1. The molecular weight excluding hydrogens is 235 g/mol. The van der Waals surface area contributed by atoms with Crippen LogP contribution in [-0.2, 0) is 0 Å².